The first kappa shape index (κ1) is 11.7. The highest BCUT2D eigenvalue weighted by Crippen LogP contribution is 2.66. The Labute approximate surface area is 101 Å². The number of rotatable bonds is 3. The largest absolute Gasteiger partial charge is 0.372 e. The maximum Gasteiger partial charge on any atom is 0.0779 e. The van der Waals surface area contributed by atoms with E-state index in [0.717, 1.165) is 10.4 Å². The Hall–Kier alpha value is 0.180. The van der Waals surface area contributed by atoms with Crippen LogP contribution in [0.4, 0.5) is 0 Å². The van der Waals surface area contributed by atoms with Gasteiger partial charge in [0.15, 0.2) is 0 Å². The highest BCUT2D eigenvalue weighted by atomic mass is 79.9. The molecule has 2 rings (SSSR count). The third kappa shape index (κ3) is 1.61. The van der Waals surface area contributed by atoms with Crippen molar-refractivity contribution >= 4 is 15.9 Å². The minimum atomic E-state index is 0.375. The van der Waals surface area contributed by atoms with Gasteiger partial charge in [-0.15, -0.1) is 0 Å². The second-order valence-corrected chi connectivity index (χ2v) is 7.05. The monoisotopic (exact) mass is 272 g/mol. The zero-order valence-corrected chi connectivity index (χ0v) is 11.6. The molecule has 0 aromatic heterocycles. The summed E-state index contributed by atoms with van der Waals surface area (Å²) in [6, 6.07) is 0. The molecule has 3 atom stereocenters. The van der Waals surface area contributed by atoms with Crippen LogP contribution in [-0.4, -0.2) is 12.7 Å². The van der Waals surface area contributed by atoms with Gasteiger partial charge in [0.1, 0.15) is 0 Å². The molecule has 2 saturated carbocycles. The Balaban J connectivity index is 2.09. The fourth-order valence-corrected chi connectivity index (χ4v) is 3.71. The number of hydrogen-bond acceptors (Lipinski definition) is 1. The van der Waals surface area contributed by atoms with Gasteiger partial charge in [0.25, 0.3) is 0 Å². The van der Waals surface area contributed by atoms with E-state index in [2.05, 4.69) is 43.3 Å². The van der Waals surface area contributed by atoms with E-state index in [1.54, 1.807) is 0 Å². The first-order chi connectivity index (χ1) is 6.88. The predicted molar refractivity (Wildman–Crippen MR) is 67.0 cm³/mol. The predicted octanol–water partition coefficient (Wildman–Crippen LogP) is 4.13. The molecule has 0 N–H and O–H groups in total. The number of fused-ring (bicyclic) bond motifs is 2. The molecule has 0 aromatic rings. The Bertz CT molecular complexity index is 284. The smallest absolute Gasteiger partial charge is 0.0779 e. The Morgan fingerprint density at radius 1 is 1.47 bits per heavy atom. The van der Waals surface area contributed by atoms with Crippen molar-refractivity contribution < 1.29 is 4.74 Å². The van der Waals surface area contributed by atoms with Crippen molar-refractivity contribution in [3.8, 4) is 0 Å². The fraction of sp³-hybridized carbons (Fsp3) is 0.846. The number of hydrogen-bond donors (Lipinski definition) is 0. The van der Waals surface area contributed by atoms with Crippen molar-refractivity contribution in [2.24, 2.45) is 16.7 Å². The van der Waals surface area contributed by atoms with E-state index in [4.69, 9.17) is 4.74 Å². The van der Waals surface area contributed by atoms with Gasteiger partial charge in [-0.3, -0.25) is 0 Å². The van der Waals surface area contributed by atoms with Crippen molar-refractivity contribution in [3.63, 3.8) is 0 Å². The van der Waals surface area contributed by atoms with E-state index in [1.165, 1.54) is 19.3 Å². The van der Waals surface area contributed by atoms with Crippen LogP contribution in [0.5, 0.6) is 0 Å². The van der Waals surface area contributed by atoms with Crippen LogP contribution in [0.3, 0.4) is 0 Å². The summed E-state index contributed by atoms with van der Waals surface area (Å²) in [5.41, 5.74) is 0.825. The lowest BCUT2D eigenvalue weighted by Gasteiger charge is -2.38. The Kier molecular flexibility index (Phi) is 2.79. The lowest BCUT2D eigenvalue weighted by Crippen LogP contribution is -2.37. The molecule has 0 radical (unpaired) electrons. The zero-order chi connectivity index (χ0) is 11.3. The molecule has 0 aliphatic heterocycles. The van der Waals surface area contributed by atoms with Crippen LogP contribution in [0, 0.1) is 16.7 Å². The Morgan fingerprint density at radius 2 is 2.13 bits per heavy atom. The maximum atomic E-state index is 5.99. The molecule has 15 heavy (non-hydrogen) atoms. The van der Waals surface area contributed by atoms with Gasteiger partial charge in [0.2, 0.25) is 0 Å². The first-order valence-electron chi connectivity index (χ1n) is 5.83. The highest BCUT2D eigenvalue weighted by Gasteiger charge is 2.61. The summed E-state index contributed by atoms with van der Waals surface area (Å²) in [5, 5.41) is 0. The minimum absolute atomic E-state index is 0.375. The SMILES string of the molecule is C=C(Br)COC1CC2CCC1(C)C2(C)C. The average Bonchev–Trinajstić information content (AvgIpc) is 2.46. The molecule has 3 unspecified atom stereocenters. The number of halogens is 1. The van der Waals surface area contributed by atoms with Crippen LogP contribution < -0.4 is 0 Å². The van der Waals surface area contributed by atoms with Gasteiger partial charge in [0.05, 0.1) is 12.7 Å². The van der Waals surface area contributed by atoms with Crippen LogP contribution in [0.15, 0.2) is 11.1 Å². The summed E-state index contributed by atoms with van der Waals surface area (Å²) in [7, 11) is 0. The van der Waals surface area contributed by atoms with E-state index in [9.17, 15) is 0 Å². The molecular weight excluding hydrogens is 252 g/mol. The lowest BCUT2D eigenvalue weighted by atomic mass is 9.70. The van der Waals surface area contributed by atoms with Gasteiger partial charge >= 0.3 is 0 Å². The summed E-state index contributed by atoms with van der Waals surface area (Å²) >= 11 is 3.36. The molecule has 0 aromatic carbocycles. The third-order valence-electron chi connectivity index (χ3n) is 5.16. The molecular formula is C13H21BrO. The second kappa shape index (κ2) is 3.59. The van der Waals surface area contributed by atoms with Gasteiger partial charge in [-0.2, -0.15) is 0 Å². The van der Waals surface area contributed by atoms with Crippen LogP contribution in [-0.2, 0) is 4.74 Å². The van der Waals surface area contributed by atoms with E-state index in [-0.39, 0.29) is 0 Å². The maximum absolute atomic E-state index is 5.99. The molecule has 0 spiro atoms. The van der Waals surface area contributed by atoms with Gasteiger partial charge in [0, 0.05) is 4.48 Å². The molecule has 2 aliphatic carbocycles. The molecule has 2 bridgehead atoms. The summed E-state index contributed by atoms with van der Waals surface area (Å²) < 4.78 is 6.94. The Morgan fingerprint density at radius 3 is 2.53 bits per heavy atom. The van der Waals surface area contributed by atoms with Crippen LogP contribution in [0.2, 0.25) is 0 Å². The van der Waals surface area contributed by atoms with Gasteiger partial charge in [-0.25, -0.2) is 0 Å². The summed E-state index contributed by atoms with van der Waals surface area (Å²) in [5.74, 6) is 0.857. The number of ether oxygens (including phenoxy) is 1. The van der Waals surface area contributed by atoms with Gasteiger partial charge < -0.3 is 4.74 Å². The molecule has 0 amide bonds. The molecule has 0 heterocycles. The first-order valence-corrected chi connectivity index (χ1v) is 6.62. The second-order valence-electron chi connectivity index (χ2n) is 5.93. The van der Waals surface area contributed by atoms with Crippen LogP contribution >= 0.6 is 15.9 Å². The van der Waals surface area contributed by atoms with E-state index in [1.807, 2.05) is 0 Å². The van der Waals surface area contributed by atoms with Crippen molar-refractivity contribution in [2.45, 2.75) is 46.1 Å². The molecule has 86 valence electrons. The topological polar surface area (TPSA) is 9.23 Å². The van der Waals surface area contributed by atoms with E-state index >= 15 is 0 Å². The molecule has 1 nitrogen and oxygen atoms in total. The zero-order valence-electron chi connectivity index (χ0n) is 9.98. The lowest BCUT2D eigenvalue weighted by molar-refractivity contribution is -0.0357. The van der Waals surface area contributed by atoms with E-state index < -0.39 is 0 Å². The quantitative estimate of drug-likeness (QED) is 0.751. The normalized spacial score (nSPS) is 42.1. The van der Waals surface area contributed by atoms with Crippen molar-refractivity contribution in [1.82, 2.24) is 0 Å². The van der Waals surface area contributed by atoms with Crippen LogP contribution in [0.25, 0.3) is 0 Å². The minimum Gasteiger partial charge on any atom is -0.372 e. The molecule has 0 saturated heterocycles. The van der Waals surface area contributed by atoms with Gasteiger partial charge in [-0.1, -0.05) is 43.3 Å². The summed E-state index contributed by atoms with van der Waals surface area (Å²) in [6.45, 7) is 11.7. The average molecular weight is 273 g/mol. The van der Waals surface area contributed by atoms with Gasteiger partial charge in [-0.05, 0) is 36.0 Å². The van der Waals surface area contributed by atoms with Crippen molar-refractivity contribution in [3.05, 3.63) is 11.1 Å². The van der Waals surface area contributed by atoms with Crippen molar-refractivity contribution in [1.29, 1.82) is 0 Å². The highest BCUT2D eigenvalue weighted by molar-refractivity contribution is 9.11. The molecule has 2 fully saturated rings. The van der Waals surface area contributed by atoms with Crippen molar-refractivity contribution in [2.75, 3.05) is 6.61 Å². The fourth-order valence-electron chi connectivity index (χ4n) is 3.57. The summed E-state index contributed by atoms with van der Waals surface area (Å²) in [6.07, 6.45) is 4.38. The standard InChI is InChI=1S/C13H21BrO/c1-9(14)8-15-11-7-10-5-6-13(11,4)12(10,2)3/h10-11H,1,5-8H2,2-4H3. The molecule has 2 aliphatic rings. The van der Waals surface area contributed by atoms with E-state index in [0.29, 0.717) is 23.5 Å². The third-order valence-corrected chi connectivity index (χ3v) is 5.38. The van der Waals surface area contributed by atoms with Crippen LogP contribution in [0.1, 0.15) is 40.0 Å². The summed E-state index contributed by atoms with van der Waals surface area (Å²) in [4.78, 5) is 0. The molecule has 2 heteroatoms.